The van der Waals surface area contributed by atoms with Gasteiger partial charge in [-0.2, -0.15) is 0 Å². The van der Waals surface area contributed by atoms with E-state index in [1.165, 1.54) is 0 Å². The zero-order valence-corrected chi connectivity index (χ0v) is 17.2. The van der Waals surface area contributed by atoms with Crippen molar-refractivity contribution in [1.29, 1.82) is 0 Å². The molecule has 3 heterocycles. The van der Waals surface area contributed by atoms with Gasteiger partial charge >= 0.3 is 0 Å². The van der Waals surface area contributed by atoms with Gasteiger partial charge in [-0.05, 0) is 37.1 Å². The lowest BCUT2D eigenvalue weighted by atomic mass is 10.0. The van der Waals surface area contributed by atoms with E-state index < -0.39 is 0 Å². The molecule has 4 rings (SSSR count). The van der Waals surface area contributed by atoms with Crippen LogP contribution in [-0.2, 0) is 16.0 Å². The molecule has 1 aliphatic heterocycles. The highest BCUT2D eigenvalue weighted by Gasteiger charge is 2.17. The molecule has 2 aromatic heterocycles. The number of carbonyl (C=O) groups is 1. The smallest absolute Gasteiger partial charge is 0.237 e. The molecule has 1 aromatic carbocycles. The van der Waals surface area contributed by atoms with E-state index in [0.717, 1.165) is 43.2 Å². The number of nitrogens with zero attached hydrogens (tertiary/aromatic N) is 3. The van der Waals surface area contributed by atoms with Crippen molar-refractivity contribution < 1.29 is 14.3 Å². The van der Waals surface area contributed by atoms with Crippen LogP contribution in [0.4, 0.5) is 5.82 Å². The minimum Gasteiger partial charge on any atom is -0.438 e. The first kappa shape index (κ1) is 20.8. The Hall–Kier alpha value is -2.93. The van der Waals surface area contributed by atoms with E-state index in [1.54, 1.807) is 17.5 Å². The van der Waals surface area contributed by atoms with E-state index in [9.17, 15) is 4.79 Å². The first-order valence-corrected chi connectivity index (χ1v) is 10.1. The van der Waals surface area contributed by atoms with Gasteiger partial charge in [0.05, 0.1) is 19.4 Å². The summed E-state index contributed by atoms with van der Waals surface area (Å²) in [6.07, 6.45) is 3.32. The number of benzene rings is 1. The number of fused-ring (bicyclic) bond motifs is 1. The number of anilines is 1. The number of carbonyl (C=O) groups excluding carboxylic acids is 1. The Morgan fingerprint density at radius 2 is 2.10 bits per heavy atom. The highest BCUT2D eigenvalue weighted by molar-refractivity contribution is 5.78. The first-order chi connectivity index (χ1) is 14.2. The van der Waals surface area contributed by atoms with Crippen molar-refractivity contribution in [3.63, 3.8) is 0 Å². The minimum absolute atomic E-state index is 0.120. The number of hydrogen-bond acceptors (Lipinski definition) is 6. The van der Waals surface area contributed by atoms with Crippen LogP contribution in [0.15, 0.2) is 42.6 Å². The lowest BCUT2D eigenvalue weighted by molar-refractivity contribution is -0.116. The maximum atomic E-state index is 11.3. The predicted molar refractivity (Wildman–Crippen MR) is 113 cm³/mol. The number of aromatic nitrogens is 3. The molecule has 0 radical (unpaired) electrons. The topological polar surface area (TPSA) is 77.8 Å². The van der Waals surface area contributed by atoms with Gasteiger partial charge in [-0.25, -0.2) is 9.50 Å². The summed E-state index contributed by atoms with van der Waals surface area (Å²) in [6, 6.07) is 11.1. The van der Waals surface area contributed by atoms with Gasteiger partial charge < -0.3 is 14.8 Å². The average Bonchev–Trinajstić information content (AvgIpc) is 3.07. The quantitative estimate of drug-likeness (QED) is 0.617. The third-order valence-corrected chi connectivity index (χ3v) is 4.44. The van der Waals surface area contributed by atoms with Crippen molar-refractivity contribution >= 4 is 17.2 Å². The van der Waals surface area contributed by atoms with Crippen molar-refractivity contribution in [3.8, 4) is 11.6 Å². The van der Waals surface area contributed by atoms with Crippen molar-refractivity contribution in [2.45, 2.75) is 33.6 Å². The van der Waals surface area contributed by atoms with Crippen molar-refractivity contribution in [3.05, 3.63) is 48.2 Å². The normalized spacial score (nSPS) is 13.3. The molecule has 1 N–H and O–H groups in total. The fraction of sp³-hybridized carbons (Fsp3) is 0.409. The third-order valence-electron chi connectivity index (χ3n) is 4.44. The monoisotopic (exact) mass is 396 g/mol. The van der Waals surface area contributed by atoms with Crippen LogP contribution in [0.2, 0.25) is 0 Å². The molecule has 0 amide bonds. The number of rotatable bonds is 8. The maximum absolute atomic E-state index is 11.3. The van der Waals surface area contributed by atoms with Gasteiger partial charge in [0.2, 0.25) is 5.88 Å². The molecule has 0 aliphatic carbocycles. The lowest BCUT2D eigenvalue weighted by Gasteiger charge is -2.25. The number of hydrogen-bond donors (Lipinski definition) is 1. The van der Waals surface area contributed by atoms with E-state index in [0.29, 0.717) is 24.0 Å². The summed E-state index contributed by atoms with van der Waals surface area (Å²) in [5.41, 5.74) is 1.68. The molecule has 0 bridgehead atoms. The van der Waals surface area contributed by atoms with Gasteiger partial charge in [0.25, 0.3) is 0 Å². The van der Waals surface area contributed by atoms with Crippen LogP contribution < -0.4 is 10.1 Å². The molecule has 1 aliphatic rings. The predicted octanol–water partition coefficient (Wildman–Crippen LogP) is 4.13. The first-order valence-electron chi connectivity index (χ1n) is 10.1. The largest absolute Gasteiger partial charge is 0.438 e. The maximum Gasteiger partial charge on any atom is 0.237 e. The highest BCUT2D eigenvalue weighted by Crippen LogP contribution is 2.22. The molecule has 154 valence electrons. The molecule has 0 unspecified atom stereocenters. The third kappa shape index (κ3) is 5.77. The van der Waals surface area contributed by atoms with Gasteiger partial charge in [-0.1, -0.05) is 26.0 Å². The molecule has 0 spiro atoms. The molecule has 7 heteroatoms. The summed E-state index contributed by atoms with van der Waals surface area (Å²) in [4.78, 5) is 15.8. The number of nitrogens with one attached hydrogen (secondary N) is 1. The van der Waals surface area contributed by atoms with Gasteiger partial charge in [-0.3, -0.25) is 4.79 Å². The Morgan fingerprint density at radius 3 is 2.83 bits per heavy atom. The van der Waals surface area contributed by atoms with Crippen molar-refractivity contribution in [1.82, 2.24) is 14.6 Å². The van der Waals surface area contributed by atoms with Crippen LogP contribution in [0.1, 0.15) is 32.8 Å². The summed E-state index contributed by atoms with van der Waals surface area (Å²) in [5.74, 6) is 2.70. The van der Waals surface area contributed by atoms with Crippen LogP contribution >= 0.6 is 0 Å². The molecule has 1 fully saturated rings. The summed E-state index contributed by atoms with van der Waals surface area (Å²) in [6.45, 7) is 8.17. The zero-order chi connectivity index (χ0) is 20.6. The van der Waals surface area contributed by atoms with Crippen LogP contribution in [0.5, 0.6) is 11.6 Å². The second-order valence-corrected chi connectivity index (χ2v) is 6.85. The second kappa shape index (κ2) is 10.0. The molecular formula is C22H28N4O3. The Morgan fingerprint density at radius 1 is 1.28 bits per heavy atom. The molecule has 7 nitrogen and oxygen atoms in total. The number of ketones is 1. The molecular weight excluding hydrogens is 368 g/mol. The summed E-state index contributed by atoms with van der Waals surface area (Å²) < 4.78 is 12.7. The van der Waals surface area contributed by atoms with Crippen LogP contribution in [0, 0.1) is 5.92 Å². The van der Waals surface area contributed by atoms with E-state index in [2.05, 4.69) is 15.4 Å². The van der Waals surface area contributed by atoms with Crippen molar-refractivity contribution in [2.75, 3.05) is 25.1 Å². The number of imidazole rings is 1. The van der Waals surface area contributed by atoms with Crippen LogP contribution in [0.3, 0.4) is 0 Å². The van der Waals surface area contributed by atoms with E-state index in [4.69, 9.17) is 9.47 Å². The number of ether oxygens (including phenoxy) is 2. The Balaban J connectivity index is 0.00000117. The lowest BCUT2D eigenvalue weighted by Crippen LogP contribution is -2.29. The fourth-order valence-electron chi connectivity index (χ4n) is 2.99. The van der Waals surface area contributed by atoms with E-state index >= 15 is 0 Å². The van der Waals surface area contributed by atoms with Gasteiger partial charge in [0.1, 0.15) is 17.4 Å². The summed E-state index contributed by atoms with van der Waals surface area (Å²) in [5, 5.41) is 7.79. The standard InChI is InChI=1S/C20H22N4O3.C2H6/c1-14(25)9-15-3-2-4-17(10-15)27-20-6-5-19-22-18(11-24(19)23-20)21-8-7-16-12-26-13-16;1-2/h2-6,10-11,16,21H,7-9,12-13H2,1H3;1-2H3. The van der Waals surface area contributed by atoms with Crippen molar-refractivity contribution in [2.24, 2.45) is 5.92 Å². The second-order valence-electron chi connectivity index (χ2n) is 6.85. The summed E-state index contributed by atoms with van der Waals surface area (Å²) >= 11 is 0. The molecule has 1 saturated heterocycles. The van der Waals surface area contributed by atoms with Gasteiger partial charge in [0.15, 0.2) is 5.65 Å². The van der Waals surface area contributed by atoms with E-state index in [1.807, 2.05) is 50.4 Å². The van der Waals surface area contributed by atoms with Gasteiger partial charge in [0, 0.05) is 24.9 Å². The Kier molecular flexibility index (Phi) is 7.19. The van der Waals surface area contributed by atoms with Crippen LogP contribution in [0.25, 0.3) is 5.65 Å². The Labute approximate surface area is 171 Å². The van der Waals surface area contributed by atoms with Gasteiger partial charge in [-0.15, -0.1) is 5.10 Å². The fourth-order valence-corrected chi connectivity index (χ4v) is 2.99. The van der Waals surface area contributed by atoms with E-state index in [-0.39, 0.29) is 5.78 Å². The Bertz CT molecular complexity index is 950. The SMILES string of the molecule is CC.CC(=O)Cc1cccc(Oc2ccc3nc(NCCC4COC4)cn3n2)c1. The minimum atomic E-state index is 0.120. The molecule has 3 aromatic rings. The zero-order valence-electron chi connectivity index (χ0n) is 17.2. The average molecular weight is 396 g/mol. The summed E-state index contributed by atoms with van der Waals surface area (Å²) in [7, 11) is 0. The highest BCUT2D eigenvalue weighted by atomic mass is 16.5. The molecule has 0 saturated carbocycles. The van der Waals surface area contributed by atoms with Crippen LogP contribution in [-0.4, -0.2) is 40.1 Å². The molecule has 29 heavy (non-hydrogen) atoms. The molecule has 0 atom stereocenters. The number of Topliss-reactive ketones (excluding diaryl/α,β-unsaturated/α-hetero) is 1.